The number of thiocarbonyl (C=S) groups is 1. The summed E-state index contributed by atoms with van der Waals surface area (Å²) in [5.41, 5.74) is 1.57. The molecule has 32 heavy (non-hydrogen) atoms. The molecule has 2 N–H and O–H groups in total. The minimum absolute atomic E-state index is 0.0167. The number of nitrogens with zero attached hydrogens (tertiary/aromatic N) is 1. The van der Waals surface area contributed by atoms with Crippen LogP contribution < -0.4 is 10.6 Å². The number of ether oxygens (including phenoxy) is 2. The first-order valence-electron chi connectivity index (χ1n) is 10.9. The van der Waals surface area contributed by atoms with E-state index in [1.807, 2.05) is 12.1 Å². The topological polar surface area (TPSA) is 97.0 Å². The quantitative estimate of drug-likeness (QED) is 0.511. The molecule has 0 bridgehead atoms. The molecule has 0 spiro atoms. The zero-order valence-electron chi connectivity index (χ0n) is 18.8. The molecular weight excluding hydrogens is 430 g/mol. The minimum atomic E-state index is -0.836. The van der Waals surface area contributed by atoms with Crippen LogP contribution in [0.2, 0.25) is 0 Å². The van der Waals surface area contributed by atoms with E-state index in [9.17, 15) is 14.4 Å². The van der Waals surface area contributed by atoms with Gasteiger partial charge in [0, 0.05) is 25.3 Å². The lowest BCUT2D eigenvalue weighted by molar-refractivity contribution is -0.150. The number of piperazine rings is 1. The van der Waals surface area contributed by atoms with Gasteiger partial charge >= 0.3 is 5.97 Å². The lowest BCUT2D eigenvalue weighted by Gasteiger charge is -2.36. The molecule has 174 valence electrons. The Morgan fingerprint density at radius 2 is 2.00 bits per heavy atom. The van der Waals surface area contributed by atoms with E-state index in [0.29, 0.717) is 25.3 Å². The average molecular weight is 462 g/mol. The highest BCUT2D eigenvalue weighted by atomic mass is 32.1. The standard InChI is InChI=1S/C23H31N3O5S/c1-23(2,3)16-8-6-15(7-9-16)20(28)25-22(32)26-11-10-24-21(29)18(26)13-19(27)31-14-17-5-4-12-30-17/h6-9,17-18H,4-5,10-14H2,1-3H3,(H,24,29)(H,25,28,32)/t17-,18+/m1/s1. The number of hydrogen-bond donors (Lipinski definition) is 2. The van der Waals surface area contributed by atoms with Crippen LogP contribution >= 0.6 is 12.2 Å². The van der Waals surface area contributed by atoms with Gasteiger partial charge in [-0.15, -0.1) is 0 Å². The Bertz CT molecular complexity index is 859. The summed E-state index contributed by atoms with van der Waals surface area (Å²) >= 11 is 5.41. The molecule has 2 amide bonds. The summed E-state index contributed by atoms with van der Waals surface area (Å²) in [6, 6.07) is 6.50. The molecule has 2 fully saturated rings. The fraction of sp³-hybridized carbons (Fsp3) is 0.565. The summed E-state index contributed by atoms with van der Waals surface area (Å²) in [5.74, 6) is -1.18. The van der Waals surface area contributed by atoms with E-state index in [4.69, 9.17) is 21.7 Å². The van der Waals surface area contributed by atoms with Gasteiger partial charge in [-0.25, -0.2) is 0 Å². The van der Waals surface area contributed by atoms with Gasteiger partial charge in [-0.2, -0.15) is 0 Å². The predicted molar refractivity (Wildman–Crippen MR) is 123 cm³/mol. The third kappa shape index (κ3) is 6.26. The molecule has 0 radical (unpaired) electrons. The van der Waals surface area contributed by atoms with E-state index in [1.54, 1.807) is 17.0 Å². The van der Waals surface area contributed by atoms with Crippen molar-refractivity contribution >= 4 is 35.1 Å². The van der Waals surface area contributed by atoms with Crippen LogP contribution in [0.25, 0.3) is 0 Å². The summed E-state index contributed by atoms with van der Waals surface area (Å²) in [5, 5.41) is 5.54. The Morgan fingerprint density at radius 1 is 1.28 bits per heavy atom. The van der Waals surface area contributed by atoms with Crippen molar-refractivity contribution in [1.82, 2.24) is 15.5 Å². The van der Waals surface area contributed by atoms with Crippen molar-refractivity contribution in [2.45, 2.75) is 57.6 Å². The van der Waals surface area contributed by atoms with Gasteiger partial charge in [-0.3, -0.25) is 19.7 Å². The highest BCUT2D eigenvalue weighted by molar-refractivity contribution is 7.80. The first-order chi connectivity index (χ1) is 15.1. The Balaban J connectivity index is 1.59. The number of carbonyl (C=O) groups excluding carboxylic acids is 3. The normalized spacial score (nSPS) is 21.1. The monoisotopic (exact) mass is 461 g/mol. The van der Waals surface area contributed by atoms with Gasteiger partial charge in [0.05, 0.1) is 12.5 Å². The van der Waals surface area contributed by atoms with Gasteiger partial charge in [0.25, 0.3) is 5.91 Å². The molecule has 2 saturated heterocycles. The van der Waals surface area contributed by atoms with Crippen molar-refractivity contribution in [2.75, 3.05) is 26.3 Å². The maximum absolute atomic E-state index is 12.7. The molecule has 0 saturated carbocycles. The zero-order valence-corrected chi connectivity index (χ0v) is 19.6. The van der Waals surface area contributed by atoms with Gasteiger partial charge in [-0.1, -0.05) is 32.9 Å². The zero-order chi connectivity index (χ0) is 23.3. The number of amides is 2. The Hall–Kier alpha value is -2.52. The van der Waals surface area contributed by atoms with E-state index < -0.39 is 12.0 Å². The minimum Gasteiger partial charge on any atom is -0.463 e. The number of esters is 1. The fourth-order valence-electron chi connectivity index (χ4n) is 3.70. The van der Waals surface area contributed by atoms with Crippen molar-refractivity contribution in [2.24, 2.45) is 0 Å². The largest absolute Gasteiger partial charge is 0.463 e. The van der Waals surface area contributed by atoms with Crippen LogP contribution in [0.1, 0.15) is 56.0 Å². The maximum atomic E-state index is 12.7. The van der Waals surface area contributed by atoms with Crippen molar-refractivity contribution in [1.29, 1.82) is 0 Å². The van der Waals surface area contributed by atoms with Crippen LogP contribution in [0.15, 0.2) is 24.3 Å². The van der Waals surface area contributed by atoms with Gasteiger partial charge in [-0.05, 0) is 48.2 Å². The molecule has 2 heterocycles. The first-order valence-corrected chi connectivity index (χ1v) is 11.3. The molecule has 0 aliphatic carbocycles. The lowest BCUT2D eigenvalue weighted by atomic mass is 9.87. The second-order valence-corrected chi connectivity index (χ2v) is 9.50. The smallest absolute Gasteiger partial charge is 0.308 e. The Kier molecular flexibility index (Phi) is 7.84. The van der Waals surface area contributed by atoms with E-state index in [1.165, 1.54) is 0 Å². The molecule has 2 aliphatic heterocycles. The van der Waals surface area contributed by atoms with Crippen LogP contribution in [0, 0.1) is 0 Å². The summed E-state index contributed by atoms with van der Waals surface area (Å²) < 4.78 is 10.7. The van der Waals surface area contributed by atoms with E-state index >= 15 is 0 Å². The fourth-order valence-corrected chi connectivity index (χ4v) is 4.01. The second kappa shape index (κ2) is 10.4. The number of rotatable bonds is 5. The van der Waals surface area contributed by atoms with Crippen molar-refractivity contribution in [3.8, 4) is 0 Å². The third-order valence-corrected chi connectivity index (χ3v) is 5.98. The number of hydrogen-bond acceptors (Lipinski definition) is 6. The Labute approximate surface area is 194 Å². The van der Waals surface area contributed by atoms with E-state index in [2.05, 4.69) is 31.4 Å². The molecule has 8 nitrogen and oxygen atoms in total. The molecule has 2 aliphatic rings. The van der Waals surface area contributed by atoms with Crippen LogP contribution in [-0.2, 0) is 24.5 Å². The van der Waals surface area contributed by atoms with Gasteiger partial charge in [0.2, 0.25) is 5.91 Å². The van der Waals surface area contributed by atoms with Crippen LogP contribution in [0.4, 0.5) is 0 Å². The van der Waals surface area contributed by atoms with E-state index in [-0.39, 0.29) is 41.5 Å². The number of carbonyl (C=O) groups is 3. The number of benzene rings is 1. The molecular formula is C23H31N3O5S. The lowest BCUT2D eigenvalue weighted by Crippen LogP contribution is -2.60. The molecule has 1 aromatic carbocycles. The van der Waals surface area contributed by atoms with Gasteiger partial charge in [0.15, 0.2) is 5.11 Å². The van der Waals surface area contributed by atoms with Gasteiger partial charge < -0.3 is 19.7 Å². The van der Waals surface area contributed by atoms with Crippen LogP contribution in [-0.4, -0.2) is 66.2 Å². The predicted octanol–water partition coefficient (Wildman–Crippen LogP) is 1.91. The molecule has 1 aromatic rings. The molecule has 0 unspecified atom stereocenters. The molecule has 2 atom stereocenters. The SMILES string of the molecule is CC(C)(C)c1ccc(C(=O)NC(=S)N2CCNC(=O)[C@@H]2CC(=O)OC[C@H]2CCCO2)cc1. The average Bonchev–Trinajstić information content (AvgIpc) is 3.27. The first kappa shape index (κ1) is 24.1. The van der Waals surface area contributed by atoms with E-state index in [0.717, 1.165) is 18.4 Å². The molecule has 0 aromatic heterocycles. The summed E-state index contributed by atoms with van der Waals surface area (Å²) in [6.45, 7) is 7.92. The summed E-state index contributed by atoms with van der Waals surface area (Å²) in [4.78, 5) is 39.0. The molecule has 3 rings (SSSR count). The maximum Gasteiger partial charge on any atom is 0.308 e. The molecule has 9 heteroatoms. The second-order valence-electron chi connectivity index (χ2n) is 9.11. The Morgan fingerprint density at radius 3 is 2.62 bits per heavy atom. The van der Waals surface area contributed by atoms with Crippen molar-refractivity contribution < 1.29 is 23.9 Å². The van der Waals surface area contributed by atoms with Crippen LogP contribution in [0.5, 0.6) is 0 Å². The summed E-state index contributed by atoms with van der Waals surface area (Å²) in [7, 11) is 0. The van der Waals surface area contributed by atoms with Crippen molar-refractivity contribution in [3.05, 3.63) is 35.4 Å². The third-order valence-electron chi connectivity index (χ3n) is 5.64. The highest BCUT2D eigenvalue weighted by Crippen LogP contribution is 2.22. The van der Waals surface area contributed by atoms with Crippen molar-refractivity contribution in [3.63, 3.8) is 0 Å². The number of nitrogens with one attached hydrogen (secondary N) is 2. The summed E-state index contributed by atoms with van der Waals surface area (Å²) in [6.07, 6.45) is 1.57. The van der Waals surface area contributed by atoms with Crippen LogP contribution in [0.3, 0.4) is 0 Å². The van der Waals surface area contributed by atoms with Gasteiger partial charge in [0.1, 0.15) is 12.6 Å². The highest BCUT2D eigenvalue weighted by Gasteiger charge is 2.34.